The molecule has 5 nitrogen and oxygen atoms in total. The maximum atomic E-state index is 5.81. The Labute approximate surface area is 123 Å². The Bertz CT molecular complexity index is 590. The number of hydrogen-bond donors (Lipinski definition) is 1. The summed E-state index contributed by atoms with van der Waals surface area (Å²) in [5.74, 6) is 1.73. The quantitative estimate of drug-likeness (QED) is 0.942. The lowest BCUT2D eigenvalue weighted by atomic mass is 10.2. The highest BCUT2D eigenvalue weighted by Crippen LogP contribution is 2.30. The fourth-order valence-corrected chi connectivity index (χ4v) is 3.43. The van der Waals surface area contributed by atoms with Crippen LogP contribution in [0.15, 0.2) is 11.4 Å². The molecule has 0 unspecified atom stereocenters. The van der Waals surface area contributed by atoms with Gasteiger partial charge in [0.05, 0.1) is 17.6 Å². The second-order valence-electron chi connectivity index (χ2n) is 5.20. The molecule has 0 amide bonds. The molecule has 0 aromatic carbocycles. The molecule has 0 bridgehead atoms. The van der Waals surface area contributed by atoms with Crippen molar-refractivity contribution in [2.75, 3.05) is 29.9 Å². The van der Waals surface area contributed by atoms with E-state index in [1.807, 2.05) is 0 Å². The van der Waals surface area contributed by atoms with Gasteiger partial charge in [0.2, 0.25) is 5.95 Å². The normalized spacial score (nSPS) is 23.2. The first-order chi connectivity index (χ1) is 9.67. The fourth-order valence-electron chi connectivity index (χ4n) is 2.67. The lowest BCUT2D eigenvalue weighted by molar-refractivity contribution is -0.00536. The van der Waals surface area contributed by atoms with Crippen molar-refractivity contribution in [3.05, 3.63) is 11.4 Å². The Morgan fingerprint density at radius 2 is 2.10 bits per heavy atom. The zero-order valence-electron chi connectivity index (χ0n) is 12.1. The molecule has 20 heavy (non-hydrogen) atoms. The van der Waals surface area contributed by atoms with E-state index in [-0.39, 0.29) is 12.2 Å². The third-order valence-corrected chi connectivity index (χ3v) is 4.17. The SMILES string of the molecule is CCNc1nc(N2C[C@@H](C)O[C@@H](C)C2)c2ccsc2n1. The van der Waals surface area contributed by atoms with E-state index in [0.29, 0.717) is 5.95 Å². The molecule has 0 radical (unpaired) electrons. The molecule has 0 saturated carbocycles. The van der Waals surface area contributed by atoms with Gasteiger partial charge < -0.3 is 15.0 Å². The molecule has 108 valence electrons. The van der Waals surface area contributed by atoms with Crippen LogP contribution >= 0.6 is 11.3 Å². The van der Waals surface area contributed by atoms with Crippen LogP contribution < -0.4 is 10.2 Å². The third kappa shape index (κ3) is 2.58. The van der Waals surface area contributed by atoms with Crippen LogP contribution in [-0.4, -0.2) is 41.8 Å². The minimum absolute atomic E-state index is 0.227. The number of morpholine rings is 1. The number of hydrogen-bond acceptors (Lipinski definition) is 6. The van der Waals surface area contributed by atoms with Crippen LogP contribution in [-0.2, 0) is 4.74 Å². The second kappa shape index (κ2) is 5.54. The minimum atomic E-state index is 0.227. The summed E-state index contributed by atoms with van der Waals surface area (Å²) in [5.41, 5.74) is 0. The molecule has 2 aromatic rings. The minimum Gasteiger partial charge on any atom is -0.372 e. The zero-order valence-corrected chi connectivity index (χ0v) is 12.9. The summed E-state index contributed by atoms with van der Waals surface area (Å²) in [6.07, 6.45) is 0.454. The molecule has 1 fully saturated rings. The Hall–Kier alpha value is -1.40. The summed E-state index contributed by atoms with van der Waals surface area (Å²) in [6, 6.07) is 2.11. The monoisotopic (exact) mass is 292 g/mol. The average Bonchev–Trinajstić information content (AvgIpc) is 2.85. The molecule has 3 rings (SSSR count). The smallest absolute Gasteiger partial charge is 0.226 e. The maximum absolute atomic E-state index is 5.81. The Balaban J connectivity index is 2.02. The van der Waals surface area contributed by atoms with Crippen LogP contribution in [0.2, 0.25) is 0 Å². The van der Waals surface area contributed by atoms with Gasteiger partial charge in [-0.05, 0) is 32.2 Å². The number of fused-ring (bicyclic) bond motifs is 1. The van der Waals surface area contributed by atoms with Gasteiger partial charge in [-0.1, -0.05) is 0 Å². The van der Waals surface area contributed by atoms with Gasteiger partial charge in [0, 0.05) is 19.6 Å². The van der Waals surface area contributed by atoms with Gasteiger partial charge in [-0.2, -0.15) is 4.98 Å². The summed E-state index contributed by atoms with van der Waals surface area (Å²) in [7, 11) is 0. The summed E-state index contributed by atoms with van der Waals surface area (Å²) >= 11 is 1.66. The molecular formula is C14H20N4OS. The number of nitrogens with one attached hydrogen (secondary N) is 1. The first kappa shape index (κ1) is 13.6. The van der Waals surface area contributed by atoms with Crippen molar-refractivity contribution < 1.29 is 4.74 Å². The van der Waals surface area contributed by atoms with E-state index in [2.05, 4.69) is 47.4 Å². The van der Waals surface area contributed by atoms with Gasteiger partial charge in [0.15, 0.2) is 0 Å². The zero-order chi connectivity index (χ0) is 14.1. The van der Waals surface area contributed by atoms with Crippen LogP contribution in [0.4, 0.5) is 11.8 Å². The first-order valence-electron chi connectivity index (χ1n) is 7.07. The van der Waals surface area contributed by atoms with Crippen molar-refractivity contribution in [1.82, 2.24) is 9.97 Å². The van der Waals surface area contributed by atoms with Gasteiger partial charge in [0.25, 0.3) is 0 Å². The van der Waals surface area contributed by atoms with Crippen LogP contribution in [0, 0.1) is 0 Å². The van der Waals surface area contributed by atoms with Gasteiger partial charge >= 0.3 is 0 Å². The Kier molecular flexibility index (Phi) is 3.76. The molecule has 3 heterocycles. The lowest BCUT2D eigenvalue weighted by Crippen LogP contribution is -2.46. The van der Waals surface area contributed by atoms with E-state index in [9.17, 15) is 0 Å². The molecule has 1 N–H and O–H groups in total. The highest BCUT2D eigenvalue weighted by Gasteiger charge is 2.25. The topological polar surface area (TPSA) is 50.3 Å². The van der Waals surface area contributed by atoms with E-state index in [4.69, 9.17) is 9.72 Å². The van der Waals surface area contributed by atoms with E-state index >= 15 is 0 Å². The van der Waals surface area contributed by atoms with Crippen molar-refractivity contribution in [2.24, 2.45) is 0 Å². The maximum Gasteiger partial charge on any atom is 0.226 e. The standard InChI is InChI=1S/C14H20N4OS/c1-4-15-14-16-12(11-5-6-20-13(11)17-14)18-7-9(2)19-10(3)8-18/h5-6,9-10H,4,7-8H2,1-3H3,(H,15,16,17)/t9-,10+. The van der Waals surface area contributed by atoms with Crippen molar-refractivity contribution in [1.29, 1.82) is 0 Å². The van der Waals surface area contributed by atoms with Crippen LogP contribution in [0.25, 0.3) is 10.2 Å². The third-order valence-electron chi connectivity index (χ3n) is 3.36. The number of thiophene rings is 1. The van der Waals surface area contributed by atoms with Gasteiger partial charge in [-0.25, -0.2) is 4.98 Å². The summed E-state index contributed by atoms with van der Waals surface area (Å²) < 4.78 is 5.81. The molecule has 1 aliphatic rings. The average molecular weight is 292 g/mol. The molecule has 2 aromatic heterocycles. The molecule has 1 aliphatic heterocycles. The number of ether oxygens (including phenoxy) is 1. The lowest BCUT2D eigenvalue weighted by Gasteiger charge is -2.36. The summed E-state index contributed by atoms with van der Waals surface area (Å²) in [5, 5.41) is 6.43. The van der Waals surface area contributed by atoms with E-state index < -0.39 is 0 Å². The van der Waals surface area contributed by atoms with Crippen molar-refractivity contribution in [3.8, 4) is 0 Å². The second-order valence-corrected chi connectivity index (χ2v) is 6.10. The molecule has 1 saturated heterocycles. The fraction of sp³-hybridized carbons (Fsp3) is 0.571. The summed E-state index contributed by atoms with van der Waals surface area (Å²) in [6.45, 7) is 8.85. The van der Waals surface area contributed by atoms with Crippen molar-refractivity contribution in [3.63, 3.8) is 0 Å². The van der Waals surface area contributed by atoms with E-state index in [1.54, 1.807) is 11.3 Å². The Morgan fingerprint density at radius 1 is 1.35 bits per heavy atom. The Morgan fingerprint density at radius 3 is 2.80 bits per heavy atom. The highest BCUT2D eigenvalue weighted by molar-refractivity contribution is 7.16. The molecule has 0 aliphatic carbocycles. The largest absolute Gasteiger partial charge is 0.372 e. The van der Waals surface area contributed by atoms with Gasteiger partial charge in [-0.3, -0.25) is 0 Å². The highest BCUT2D eigenvalue weighted by atomic mass is 32.1. The predicted octanol–water partition coefficient (Wildman–Crippen LogP) is 2.74. The number of nitrogens with zero attached hydrogens (tertiary/aromatic N) is 3. The summed E-state index contributed by atoms with van der Waals surface area (Å²) in [4.78, 5) is 12.6. The van der Waals surface area contributed by atoms with Gasteiger partial charge in [-0.15, -0.1) is 11.3 Å². The van der Waals surface area contributed by atoms with E-state index in [0.717, 1.165) is 35.7 Å². The number of rotatable bonds is 3. The first-order valence-corrected chi connectivity index (χ1v) is 7.95. The predicted molar refractivity (Wildman–Crippen MR) is 83.8 cm³/mol. The van der Waals surface area contributed by atoms with Crippen LogP contribution in [0.5, 0.6) is 0 Å². The molecule has 0 spiro atoms. The molecule has 6 heteroatoms. The van der Waals surface area contributed by atoms with Crippen molar-refractivity contribution in [2.45, 2.75) is 33.0 Å². The number of anilines is 2. The van der Waals surface area contributed by atoms with Crippen LogP contribution in [0.3, 0.4) is 0 Å². The van der Waals surface area contributed by atoms with E-state index in [1.165, 1.54) is 0 Å². The van der Waals surface area contributed by atoms with Gasteiger partial charge in [0.1, 0.15) is 10.6 Å². The number of aromatic nitrogens is 2. The van der Waals surface area contributed by atoms with Crippen LogP contribution in [0.1, 0.15) is 20.8 Å². The van der Waals surface area contributed by atoms with Crippen molar-refractivity contribution >= 4 is 33.3 Å². The molecule has 2 atom stereocenters. The molecular weight excluding hydrogens is 272 g/mol.